The lowest BCUT2D eigenvalue weighted by atomic mass is 10.3. The number of nitrogens with zero attached hydrogens (tertiary/aromatic N) is 3. The van der Waals surface area contributed by atoms with E-state index >= 15 is 0 Å². The lowest BCUT2D eigenvalue weighted by Gasteiger charge is -2.13. The Labute approximate surface area is 108 Å². The van der Waals surface area contributed by atoms with E-state index in [4.69, 9.17) is 10.5 Å². The molecule has 2 aromatic rings. The number of nitrogen functional groups attached to an aromatic ring is 1. The van der Waals surface area contributed by atoms with Gasteiger partial charge in [0.15, 0.2) is 5.65 Å². The quantitative estimate of drug-likeness (QED) is 0.893. The second kappa shape index (κ2) is 4.93. The Morgan fingerprint density at radius 2 is 2.22 bits per heavy atom. The molecule has 2 N–H and O–H groups in total. The summed E-state index contributed by atoms with van der Waals surface area (Å²) in [6.07, 6.45) is 1.67. The van der Waals surface area contributed by atoms with E-state index in [1.54, 1.807) is 24.0 Å². The van der Waals surface area contributed by atoms with Crippen molar-refractivity contribution in [3.8, 4) is 5.88 Å². The number of rotatable bonds is 4. The van der Waals surface area contributed by atoms with Gasteiger partial charge in [0.25, 0.3) is 0 Å². The standard InChI is InChI=1S/C11H16N4O2S/c1-7(6-18(3)16)15-10-8(13-11(15)12)4-5-9(14-10)17-2/h4-5,7H,6H2,1-3H3,(H2,12,13). The van der Waals surface area contributed by atoms with E-state index in [1.165, 1.54) is 0 Å². The summed E-state index contributed by atoms with van der Waals surface area (Å²) in [5, 5.41) is 0. The molecule has 2 atom stereocenters. The molecule has 2 aromatic heterocycles. The largest absolute Gasteiger partial charge is 0.481 e. The Bertz CT molecular complexity index is 596. The van der Waals surface area contributed by atoms with Gasteiger partial charge in [0, 0.05) is 34.9 Å². The van der Waals surface area contributed by atoms with Crippen molar-refractivity contribution in [3.05, 3.63) is 12.1 Å². The summed E-state index contributed by atoms with van der Waals surface area (Å²) < 4.78 is 18.2. The zero-order valence-corrected chi connectivity index (χ0v) is 11.4. The van der Waals surface area contributed by atoms with E-state index in [1.807, 2.05) is 13.0 Å². The molecular formula is C11H16N4O2S. The van der Waals surface area contributed by atoms with Crippen molar-refractivity contribution in [1.29, 1.82) is 0 Å². The van der Waals surface area contributed by atoms with Crippen LogP contribution in [0.2, 0.25) is 0 Å². The highest BCUT2D eigenvalue weighted by atomic mass is 32.2. The first-order valence-corrected chi connectivity index (χ1v) is 7.24. The lowest BCUT2D eigenvalue weighted by molar-refractivity contribution is 0.398. The minimum absolute atomic E-state index is 0.0274. The fraction of sp³-hybridized carbons (Fsp3) is 0.455. The fourth-order valence-corrected chi connectivity index (χ4v) is 2.76. The maximum absolute atomic E-state index is 11.3. The maximum atomic E-state index is 11.3. The molecule has 2 heterocycles. The molecule has 98 valence electrons. The summed E-state index contributed by atoms with van der Waals surface area (Å²) in [5.74, 6) is 1.39. The number of anilines is 1. The van der Waals surface area contributed by atoms with Gasteiger partial charge in [0.05, 0.1) is 7.11 Å². The highest BCUT2D eigenvalue weighted by Crippen LogP contribution is 2.23. The van der Waals surface area contributed by atoms with E-state index < -0.39 is 10.8 Å². The number of nitrogens with two attached hydrogens (primary N) is 1. The zero-order valence-electron chi connectivity index (χ0n) is 10.6. The third-order valence-corrected chi connectivity index (χ3v) is 3.62. The van der Waals surface area contributed by atoms with Gasteiger partial charge < -0.3 is 10.5 Å². The van der Waals surface area contributed by atoms with Gasteiger partial charge in [-0.15, -0.1) is 0 Å². The minimum atomic E-state index is -0.902. The van der Waals surface area contributed by atoms with E-state index in [0.29, 0.717) is 28.7 Å². The Hall–Kier alpha value is -1.63. The molecule has 2 unspecified atom stereocenters. The Kier molecular flexibility index (Phi) is 3.51. The summed E-state index contributed by atoms with van der Waals surface area (Å²) in [6, 6.07) is 3.52. The molecule has 0 saturated heterocycles. The predicted molar refractivity (Wildman–Crippen MR) is 72.1 cm³/mol. The van der Waals surface area contributed by atoms with Gasteiger partial charge >= 0.3 is 0 Å². The van der Waals surface area contributed by atoms with Gasteiger partial charge in [-0.05, 0) is 13.0 Å². The lowest BCUT2D eigenvalue weighted by Crippen LogP contribution is -2.15. The summed E-state index contributed by atoms with van der Waals surface area (Å²) in [5.41, 5.74) is 7.26. The number of pyridine rings is 1. The molecule has 0 aromatic carbocycles. The Morgan fingerprint density at radius 1 is 1.50 bits per heavy atom. The van der Waals surface area contributed by atoms with Gasteiger partial charge in [-0.3, -0.25) is 8.78 Å². The van der Waals surface area contributed by atoms with Crippen molar-refractivity contribution in [3.63, 3.8) is 0 Å². The third kappa shape index (κ3) is 2.31. The van der Waals surface area contributed by atoms with Crippen molar-refractivity contribution in [2.45, 2.75) is 13.0 Å². The minimum Gasteiger partial charge on any atom is -0.481 e. The van der Waals surface area contributed by atoms with Crippen molar-refractivity contribution in [2.75, 3.05) is 24.9 Å². The average molecular weight is 268 g/mol. The molecule has 0 saturated carbocycles. The molecule has 0 aliphatic carbocycles. The number of ether oxygens (including phenoxy) is 1. The topological polar surface area (TPSA) is 83.0 Å². The number of methoxy groups -OCH3 is 1. The molecular weight excluding hydrogens is 252 g/mol. The predicted octanol–water partition coefficient (Wildman–Crippen LogP) is 0.962. The first-order valence-electron chi connectivity index (χ1n) is 5.51. The van der Waals surface area contributed by atoms with E-state index in [0.717, 1.165) is 0 Å². The van der Waals surface area contributed by atoms with Crippen LogP contribution in [0.4, 0.5) is 5.95 Å². The number of hydrogen-bond donors (Lipinski definition) is 1. The van der Waals surface area contributed by atoms with Gasteiger partial charge in [-0.1, -0.05) is 0 Å². The highest BCUT2D eigenvalue weighted by Gasteiger charge is 2.16. The first-order chi connectivity index (χ1) is 8.52. The van der Waals surface area contributed by atoms with Crippen LogP contribution in [0.5, 0.6) is 5.88 Å². The van der Waals surface area contributed by atoms with Crippen LogP contribution in [0.15, 0.2) is 12.1 Å². The van der Waals surface area contributed by atoms with Gasteiger partial charge in [0.1, 0.15) is 5.52 Å². The number of aromatic nitrogens is 3. The normalized spacial score (nSPS) is 14.6. The molecule has 0 aliphatic rings. The Morgan fingerprint density at radius 3 is 2.83 bits per heavy atom. The molecule has 2 rings (SSSR count). The first kappa shape index (κ1) is 12.8. The third-order valence-electron chi connectivity index (χ3n) is 2.66. The van der Waals surface area contributed by atoms with Crippen molar-refractivity contribution < 1.29 is 8.95 Å². The van der Waals surface area contributed by atoms with Gasteiger partial charge in [-0.25, -0.2) is 4.98 Å². The summed E-state index contributed by atoms with van der Waals surface area (Å²) >= 11 is 0. The van der Waals surface area contributed by atoms with Crippen LogP contribution in [0.1, 0.15) is 13.0 Å². The molecule has 0 fully saturated rings. The van der Waals surface area contributed by atoms with Crippen molar-refractivity contribution >= 4 is 27.9 Å². The van der Waals surface area contributed by atoms with Crippen LogP contribution in [0, 0.1) is 0 Å². The second-order valence-electron chi connectivity index (χ2n) is 4.13. The van der Waals surface area contributed by atoms with Crippen LogP contribution in [-0.2, 0) is 10.8 Å². The SMILES string of the molecule is COc1ccc2nc(N)n(C(C)CS(C)=O)c2n1. The average Bonchev–Trinajstić information content (AvgIpc) is 2.62. The molecule has 0 amide bonds. The molecule has 0 bridgehead atoms. The summed E-state index contributed by atoms with van der Waals surface area (Å²) in [6.45, 7) is 1.94. The van der Waals surface area contributed by atoms with Crippen LogP contribution >= 0.6 is 0 Å². The molecule has 18 heavy (non-hydrogen) atoms. The zero-order chi connectivity index (χ0) is 13.3. The smallest absolute Gasteiger partial charge is 0.215 e. The monoisotopic (exact) mass is 268 g/mol. The van der Waals surface area contributed by atoms with E-state index in [2.05, 4.69) is 9.97 Å². The molecule has 0 spiro atoms. The Balaban J connectivity index is 2.53. The van der Waals surface area contributed by atoms with Gasteiger partial charge in [0.2, 0.25) is 11.8 Å². The number of fused-ring (bicyclic) bond motifs is 1. The van der Waals surface area contributed by atoms with Crippen LogP contribution in [-0.4, -0.2) is 37.9 Å². The van der Waals surface area contributed by atoms with Crippen molar-refractivity contribution in [2.24, 2.45) is 0 Å². The second-order valence-corrected chi connectivity index (χ2v) is 5.60. The van der Waals surface area contributed by atoms with Crippen LogP contribution in [0.3, 0.4) is 0 Å². The maximum Gasteiger partial charge on any atom is 0.215 e. The molecule has 7 heteroatoms. The summed E-state index contributed by atoms with van der Waals surface area (Å²) in [4.78, 5) is 8.58. The highest BCUT2D eigenvalue weighted by molar-refractivity contribution is 7.84. The fourth-order valence-electron chi connectivity index (χ4n) is 1.94. The van der Waals surface area contributed by atoms with E-state index in [-0.39, 0.29) is 6.04 Å². The number of hydrogen-bond acceptors (Lipinski definition) is 5. The molecule has 0 radical (unpaired) electrons. The van der Waals surface area contributed by atoms with Crippen molar-refractivity contribution in [1.82, 2.24) is 14.5 Å². The van der Waals surface area contributed by atoms with Crippen LogP contribution < -0.4 is 10.5 Å². The molecule has 6 nitrogen and oxygen atoms in total. The van der Waals surface area contributed by atoms with E-state index in [9.17, 15) is 4.21 Å². The van der Waals surface area contributed by atoms with Gasteiger partial charge in [-0.2, -0.15) is 4.98 Å². The molecule has 0 aliphatic heterocycles. The van der Waals surface area contributed by atoms with Crippen LogP contribution in [0.25, 0.3) is 11.2 Å². The summed E-state index contributed by atoms with van der Waals surface area (Å²) in [7, 11) is 0.656. The number of imidazole rings is 1.